The molecular weight excluding hydrogens is 454 g/mol. The fourth-order valence-electron chi connectivity index (χ4n) is 1.40. The van der Waals surface area contributed by atoms with Gasteiger partial charge in [0.15, 0.2) is 0 Å². The molecule has 2 aromatic carbocycles. The summed E-state index contributed by atoms with van der Waals surface area (Å²) < 4.78 is 1.29. The molecule has 0 atom stereocenters. The average Bonchev–Trinajstić information content (AvgIpc) is 2.38. The lowest BCUT2D eigenvalue weighted by atomic mass is 10.2. The molecule has 0 spiro atoms. The van der Waals surface area contributed by atoms with Crippen LogP contribution in [0.25, 0.3) is 4.91 Å². The van der Waals surface area contributed by atoms with Crippen molar-refractivity contribution in [2.45, 2.75) is 4.90 Å². The van der Waals surface area contributed by atoms with E-state index in [0.29, 0.717) is 0 Å². The number of thioether (sulfide) groups is 1. The molecule has 0 aliphatic rings. The summed E-state index contributed by atoms with van der Waals surface area (Å²) in [5.41, 5.74) is 1.28. The first-order chi connectivity index (χ1) is 8.27. The van der Waals surface area contributed by atoms with Crippen molar-refractivity contribution in [3.63, 3.8) is 0 Å². The monoisotopic (exact) mass is 464 g/mol. The van der Waals surface area contributed by atoms with Gasteiger partial charge >= 0.3 is 0 Å². The average molecular weight is 464 g/mol. The first kappa shape index (κ1) is 13.4. The Labute approximate surface area is 133 Å². The number of rotatable bonds is 3. The highest BCUT2D eigenvalue weighted by Gasteiger charge is 2.07. The van der Waals surface area contributed by atoms with Gasteiger partial charge in [0.25, 0.3) is 0 Å². The van der Waals surface area contributed by atoms with Gasteiger partial charge in [0.1, 0.15) is 0 Å². The molecule has 0 radical (unpaired) electrons. The van der Waals surface area contributed by atoms with Crippen LogP contribution in [-0.2, 0) is 0 Å². The van der Waals surface area contributed by atoms with Crippen LogP contribution in [0.4, 0.5) is 0 Å². The van der Waals surface area contributed by atoms with Gasteiger partial charge in [-0.15, -0.1) is 0 Å². The Morgan fingerprint density at radius 3 is 1.82 bits per heavy atom. The van der Waals surface area contributed by atoms with Crippen molar-refractivity contribution in [3.8, 4) is 0 Å². The predicted octanol–water partition coefficient (Wildman–Crippen LogP) is 5.98. The molecule has 0 bridgehead atoms. The molecule has 0 amide bonds. The smallest absolute Gasteiger partial charge is 0.0659 e. The van der Waals surface area contributed by atoms with Gasteiger partial charge in [0, 0.05) is 9.80 Å². The molecule has 0 aromatic heterocycles. The maximum absolute atomic E-state index is 2.38. The molecule has 0 saturated heterocycles. The third-order valence-corrected chi connectivity index (χ3v) is 5.13. The summed E-state index contributed by atoms with van der Waals surface area (Å²) >= 11 is 6.58. The molecule has 2 aromatic rings. The Morgan fingerprint density at radius 2 is 1.29 bits per heavy atom. The second-order valence-corrected chi connectivity index (χ2v) is 8.68. The number of halogens is 2. The Balaban J connectivity index is 2.31. The number of hydrogen-bond acceptors (Lipinski definition) is 1. The maximum Gasteiger partial charge on any atom is 0.0659 e. The van der Waals surface area contributed by atoms with Gasteiger partial charge in [0.2, 0.25) is 0 Å². The van der Waals surface area contributed by atoms with Gasteiger partial charge < -0.3 is 0 Å². The molecule has 0 saturated carbocycles. The van der Waals surface area contributed by atoms with E-state index in [1.165, 1.54) is 17.0 Å². The van der Waals surface area contributed by atoms with Crippen molar-refractivity contribution in [3.05, 3.63) is 67.8 Å². The lowest BCUT2D eigenvalue weighted by Gasteiger charge is -2.08. The molecule has 0 aliphatic carbocycles. The van der Waals surface area contributed by atoms with Crippen molar-refractivity contribution in [2.24, 2.45) is 0 Å². The van der Waals surface area contributed by atoms with Crippen molar-refractivity contribution in [1.82, 2.24) is 0 Å². The molecule has 2 rings (SSSR count). The summed E-state index contributed by atoms with van der Waals surface area (Å²) in [5, 5.41) is 0. The zero-order chi connectivity index (χ0) is 12.1. The minimum Gasteiger partial charge on any atom is -0.0879 e. The van der Waals surface area contributed by atoms with Crippen LogP contribution < -0.4 is 0 Å². The fraction of sp³-hybridized carbons (Fsp3) is 0. The summed E-state index contributed by atoms with van der Waals surface area (Å²) in [6.45, 7) is 0. The van der Waals surface area contributed by atoms with E-state index in [1.807, 2.05) is 23.9 Å². The molecule has 3 heteroatoms. The first-order valence-corrected chi connectivity index (χ1v) is 8.08. The molecule has 0 N–H and O–H groups in total. The third kappa shape index (κ3) is 3.99. The molecule has 0 nitrogen and oxygen atoms in total. The summed E-state index contributed by atoms with van der Waals surface area (Å²) in [5.74, 6) is 0. The second kappa shape index (κ2) is 6.80. The lowest BCUT2D eigenvalue weighted by molar-refractivity contribution is 1.47. The maximum atomic E-state index is 2.38. The molecule has 86 valence electrons. The highest BCUT2D eigenvalue weighted by molar-refractivity contribution is 14.2. The van der Waals surface area contributed by atoms with E-state index in [0.717, 1.165) is 0 Å². The number of benzene rings is 2. The van der Waals surface area contributed by atoms with Crippen LogP contribution in [0.3, 0.4) is 0 Å². The van der Waals surface area contributed by atoms with Crippen molar-refractivity contribution >= 4 is 61.8 Å². The van der Waals surface area contributed by atoms with E-state index in [-0.39, 0.29) is 0 Å². The van der Waals surface area contributed by atoms with E-state index in [9.17, 15) is 0 Å². The van der Waals surface area contributed by atoms with Crippen LogP contribution in [0.1, 0.15) is 5.56 Å². The van der Waals surface area contributed by atoms with Crippen molar-refractivity contribution in [1.29, 1.82) is 0 Å². The molecule has 17 heavy (non-hydrogen) atoms. The van der Waals surface area contributed by atoms with Crippen LogP contribution in [0.5, 0.6) is 0 Å². The lowest BCUT2D eigenvalue weighted by Crippen LogP contribution is -1.80. The van der Waals surface area contributed by atoms with E-state index in [4.69, 9.17) is 0 Å². The quantitative estimate of drug-likeness (QED) is 0.399. The SMILES string of the molecule is IC(I)=C(Sc1ccccc1)c1ccccc1. The van der Waals surface area contributed by atoms with Gasteiger partial charge in [-0.3, -0.25) is 0 Å². The molecule has 0 unspecified atom stereocenters. The standard InChI is InChI=1S/C14H10I2S/c15-14(16)13(11-7-3-1-4-8-11)17-12-9-5-2-6-10-12/h1-10H. The van der Waals surface area contributed by atoms with E-state index < -0.39 is 0 Å². The van der Waals surface area contributed by atoms with Crippen LogP contribution >= 0.6 is 56.9 Å². The van der Waals surface area contributed by atoms with Gasteiger partial charge in [-0.2, -0.15) is 0 Å². The normalized spacial score (nSPS) is 10.0. The number of hydrogen-bond donors (Lipinski definition) is 0. The topological polar surface area (TPSA) is 0 Å². The largest absolute Gasteiger partial charge is 0.0879 e. The van der Waals surface area contributed by atoms with E-state index in [2.05, 4.69) is 93.7 Å². The van der Waals surface area contributed by atoms with E-state index in [1.54, 1.807) is 0 Å². The minimum absolute atomic E-state index is 1.28. The molecule has 0 aliphatic heterocycles. The molecule has 0 heterocycles. The molecular formula is C14H10I2S. The van der Waals surface area contributed by atoms with Crippen LogP contribution in [0.15, 0.2) is 67.1 Å². The summed E-state index contributed by atoms with van der Waals surface area (Å²) in [4.78, 5) is 2.59. The van der Waals surface area contributed by atoms with Gasteiger partial charge in [-0.1, -0.05) is 60.3 Å². The highest BCUT2D eigenvalue weighted by Crippen LogP contribution is 2.40. The van der Waals surface area contributed by atoms with Gasteiger partial charge in [0.05, 0.1) is 1.59 Å². The van der Waals surface area contributed by atoms with Crippen LogP contribution in [-0.4, -0.2) is 0 Å². The highest BCUT2D eigenvalue weighted by atomic mass is 127. The minimum atomic E-state index is 1.28. The van der Waals surface area contributed by atoms with Gasteiger partial charge in [-0.05, 0) is 62.9 Å². The summed E-state index contributed by atoms with van der Waals surface area (Å²) in [6.07, 6.45) is 0. The van der Waals surface area contributed by atoms with E-state index >= 15 is 0 Å². The first-order valence-electron chi connectivity index (χ1n) is 5.11. The Bertz CT molecular complexity index is 502. The van der Waals surface area contributed by atoms with Crippen molar-refractivity contribution in [2.75, 3.05) is 0 Å². The fourth-order valence-corrected chi connectivity index (χ4v) is 3.55. The summed E-state index contributed by atoms with van der Waals surface area (Å²) in [6, 6.07) is 21.0. The van der Waals surface area contributed by atoms with Crippen LogP contribution in [0, 0.1) is 0 Å². The van der Waals surface area contributed by atoms with Gasteiger partial charge in [-0.25, -0.2) is 0 Å². The summed E-state index contributed by atoms with van der Waals surface area (Å²) in [7, 11) is 0. The molecule has 0 fully saturated rings. The third-order valence-electron chi connectivity index (χ3n) is 2.17. The zero-order valence-electron chi connectivity index (χ0n) is 8.94. The second-order valence-electron chi connectivity index (χ2n) is 3.37. The Hall–Kier alpha value is -0.01000. The predicted molar refractivity (Wildman–Crippen MR) is 93.7 cm³/mol. The Morgan fingerprint density at radius 1 is 0.765 bits per heavy atom. The zero-order valence-corrected chi connectivity index (χ0v) is 14.1. The Kier molecular flexibility index (Phi) is 5.37. The van der Waals surface area contributed by atoms with Crippen molar-refractivity contribution < 1.29 is 0 Å². The van der Waals surface area contributed by atoms with Crippen LogP contribution in [0.2, 0.25) is 0 Å².